The van der Waals surface area contributed by atoms with E-state index in [0.29, 0.717) is 5.69 Å². The van der Waals surface area contributed by atoms with E-state index in [1.807, 2.05) is 32.0 Å². The number of anilines is 1. The summed E-state index contributed by atoms with van der Waals surface area (Å²) in [5.41, 5.74) is 3.50. The highest BCUT2D eigenvalue weighted by molar-refractivity contribution is 7.89. The molecular formula is C17H20N2O4S. The molecule has 3 N–H and O–H groups in total. The molecular weight excluding hydrogens is 328 g/mol. The first kappa shape index (κ1) is 18.0. The number of aryl methyl sites for hydroxylation is 2. The number of carbonyl (C=O) groups is 1. The normalized spacial score (nSPS) is 11.2. The van der Waals surface area contributed by atoms with Gasteiger partial charge in [0.05, 0.1) is 13.5 Å². The zero-order valence-corrected chi connectivity index (χ0v) is 14.6. The molecule has 0 spiro atoms. The van der Waals surface area contributed by atoms with Crippen LogP contribution >= 0.6 is 0 Å². The van der Waals surface area contributed by atoms with Crippen molar-refractivity contribution >= 4 is 21.6 Å². The minimum absolute atomic E-state index is 0.129. The maximum Gasteiger partial charge on any atom is 0.241 e. The number of nitrogens with two attached hydrogens (primary N) is 1. The molecule has 2 aromatic rings. The maximum absolute atomic E-state index is 12.2. The Balaban J connectivity index is 2.18. The molecule has 0 saturated carbocycles. The Labute approximate surface area is 141 Å². The van der Waals surface area contributed by atoms with E-state index >= 15 is 0 Å². The van der Waals surface area contributed by atoms with Gasteiger partial charge in [-0.1, -0.05) is 18.2 Å². The van der Waals surface area contributed by atoms with Crippen LogP contribution in [-0.2, 0) is 21.2 Å². The number of primary sulfonamides is 1. The second-order valence-electron chi connectivity index (χ2n) is 5.55. The van der Waals surface area contributed by atoms with Crippen LogP contribution in [0.3, 0.4) is 0 Å². The number of rotatable bonds is 5. The van der Waals surface area contributed by atoms with Crippen LogP contribution in [0.15, 0.2) is 41.3 Å². The molecule has 6 nitrogen and oxygen atoms in total. The van der Waals surface area contributed by atoms with E-state index in [-0.39, 0.29) is 23.0 Å². The minimum Gasteiger partial charge on any atom is -0.495 e. The lowest BCUT2D eigenvalue weighted by Gasteiger charge is -2.11. The number of ether oxygens (including phenoxy) is 1. The Morgan fingerprint density at radius 3 is 2.42 bits per heavy atom. The highest BCUT2D eigenvalue weighted by Crippen LogP contribution is 2.26. The van der Waals surface area contributed by atoms with Gasteiger partial charge in [-0.05, 0) is 48.7 Å². The number of hydrogen-bond acceptors (Lipinski definition) is 4. The van der Waals surface area contributed by atoms with Crippen LogP contribution in [0.25, 0.3) is 0 Å². The molecule has 0 bridgehead atoms. The van der Waals surface area contributed by atoms with Gasteiger partial charge in [-0.25, -0.2) is 13.6 Å². The summed E-state index contributed by atoms with van der Waals surface area (Å²) in [6, 6.07) is 10.1. The fourth-order valence-corrected chi connectivity index (χ4v) is 3.00. The molecule has 0 atom stereocenters. The number of methoxy groups -OCH3 is 1. The molecule has 0 aliphatic heterocycles. The van der Waals surface area contributed by atoms with E-state index in [1.165, 1.54) is 19.2 Å². The molecule has 24 heavy (non-hydrogen) atoms. The van der Waals surface area contributed by atoms with Gasteiger partial charge in [0.25, 0.3) is 0 Å². The summed E-state index contributed by atoms with van der Waals surface area (Å²) < 4.78 is 28.2. The second kappa shape index (κ2) is 7.02. The fourth-order valence-electron chi connectivity index (χ4n) is 2.28. The predicted molar refractivity (Wildman–Crippen MR) is 92.6 cm³/mol. The maximum atomic E-state index is 12.2. The summed E-state index contributed by atoms with van der Waals surface area (Å²) in [6.07, 6.45) is 0.192. The van der Waals surface area contributed by atoms with Gasteiger partial charge < -0.3 is 10.1 Å². The van der Waals surface area contributed by atoms with Gasteiger partial charge in [-0.3, -0.25) is 4.79 Å². The monoisotopic (exact) mass is 348 g/mol. The standard InChI is InChI=1S/C17H20N2O4S/c1-11-4-5-13(8-12(11)2)9-17(20)19-14-6-7-15(23-3)16(10-14)24(18,21)22/h4-8,10H,9H2,1-3H3,(H,19,20)(H2,18,21,22). The fraction of sp³-hybridized carbons (Fsp3) is 0.235. The van der Waals surface area contributed by atoms with Gasteiger partial charge in [0.15, 0.2) is 0 Å². The van der Waals surface area contributed by atoms with Gasteiger partial charge in [0.1, 0.15) is 10.6 Å². The molecule has 0 saturated heterocycles. The van der Waals surface area contributed by atoms with Crippen LogP contribution < -0.4 is 15.2 Å². The second-order valence-corrected chi connectivity index (χ2v) is 7.08. The van der Waals surface area contributed by atoms with Crippen LogP contribution in [0.2, 0.25) is 0 Å². The largest absolute Gasteiger partial charge is 0.495 e. The first-order chi connectivity index (χ1) is 11.2. The predicted octanol–water partition coefficient (Wildman–Crippen LogP) is 2.14. The van der Waals surface area contributed by atoms with Crippen molar-refractivity contribution in [2.45, 2.75) is 25.2 Å². The van der Waals surface area contributed by atoms with E-state index in [9.17, 15) is 13.2 Å². The van der Waals surface area contributed by atoms with Crippen LogP contribution in [0.4, 0.5) is 5.69 Å². The Kier molecular flexibility index (Phi) is 5.26. The molecule has 128 valence electrons. The smallest absolute Gasteiger partial charge is 0.241 e. The van der Waals surface area contributed by atoms with Crippen LogP contribution in [0.1, 0.15) is 16.7 Å². The van der Waals surface area contributed by atoms with Gasteiger partial charge in [-0.2, -0.15) is 0 Å². The van der Waals surface area contributed by atoms with Crippen molar-refractivity contribution in [2.75, 3.05) is 12.4 Å². The Morgan fingerprint density at radius 1 is 1.12 bits per heavy atom. The molecule has 0 fully saturated rings. The van der Waals surface area contributed by atoms with Crippen molar-refractivity contribution in [3.8, 4) is 5.75 Å². The summed E-state index contributed by atoms with van der Waals surface area (Å²) >= 11 is 0. The van der Waals surface area contributed by atoms with Crippen molar-refractivity contribution in [1.29, 1.82) is 0 Å². The molecule has 0 aliphatic carbocycles. The van der Waals surface area contributed by atoms with E-state index < -0.39 is 10.0 Å². The average molecular weight is 348 g/mol. The van der Waals surface area contributed by atoms with E-state index in [4.69, 9.17) is 9.88 Å². The summed E-state index contributed by atoms with van der Waals surface area (Å²) in [4.78, 5) is 12.0. The van der Waals surface area contributed by atoms with Crippen LogP contribution in [0, 0.1) is 13.8 Å². The zero-order chi connectivity index (χ0) is 17.9. The third-order valence-corrected chi connectivity index (χ3v) is 4.62. The first-order valence-electron chi connectivity index (χ1n) is 7.27. The Hall–Kier alpha value is -2.38. The number of amides is 1. The van der Waals surface area contributed by atoms with Gasteiger partial charge in [0, 0.05) is 5.69 Å². The van der Waals surface area contributed by atoms with Crippen LogP contribution in [0.5, 0.6) is 5.75 Å². The van der Waals surface area contributed by atoms with Crippen molar-refractivity contribution in [2.24, 2.45) is 5.14 Å². The SMILES string of the molecule is COc1ccc(NC(=O)Cc2ccc(C)c(C)c2)cc1S(N)(=O)=O. The Morgan fingerprint density at radius 2 is 1.83 bits per heavy atom. The van der Waals surface area contributed by atoms with E-state index in [1.54, 1.807) is 6.07 Å². The highest BCUT2D eigenvalue weighted by Gasteiger charge is 2.16. The molecule has 0 heterocycles. The van der Waals surface area contributed by atoms with Crippen molar-refractivity contribution in [3.63, 3.8) is 0 Å². The molecule has 0 radical (unpaired) electrons. The summed E-state index contributed by atoms with van der Waals surface area (Å²) in [5.74, 6) is -0.117. The molecule has 0 aromatic heterocycles. The number of carbonyl (C=O) groups excluding carboxylic acids is 1. The summed E-state index contributed by atoms with van der Waals surface area (Å²) in [7, 11) is -2.60. The van der Waals surface area contributed by atoms with Crippen molar-refractivity contribution < 1.29 is 17.9 Å². The molecule has 0 unspecified atom stereocenters. The van der Waals surface area contributed by atoms with Crippen LogP contribution in [-0.4, -0.2) is 21.4 Å². The highest BCUT2D eigenvalue weighted by atomic mass is 32.2. The first-order valence-corrected chi connectivity index (χ1v) is 8.82. The average Bonchev–Trinajstić information content (AvgIpc) is 2.50. The lowest BCUT2D eigenvalue weighted by Crippen LogP contribution is -2.17. The number of sulfonamides is 1. The van der Waals surface area contributed by atoms with Gasteiger partial charge in [0.2, 0.25) is 15.9 Å². The van der Waals surface area contributed by atoms with Crippen molar-refractivity contribution in [3.05, 3.63) is 53.1 Å². The lowest BCUT2D eigenvalue weighted by atomic mass is 10.0. The lowest BCUT2D eigenvalue weighted by molar-refractivity contribution is -0.115. The van der Waals surface area contributed by atoms with Gasteiger partial charge >= 0.3 is 0 Å². The number of nitrogens with one attached hydrogen (secondary N) is 1. The van der Waals surface area contributed by atoms with E-state index in [2.05, 4.69) is 5.32 Å². The quantitative estimate of drug-likeness (QED) is 0.865. The molecule has 2 aromatic carbocycles. The number of hydrogen-bond donors (Lipinski definition) is 2. The van der Waals surface area contributed by atoms with Crippen molar-refractivity contribution in [1.82, 2.24) is 0 Å². The minimum atomic E-state index is -3.95. The molecule has 2 rings (SSSR count). The molecule has 0 aliphatic rings. The molecule has 1 amide bonds. The number of benzene rings is 2. The zero-order valence-electron chi connectivity index (χ0n) is 13.8. The van der Waals surface area contributed by atoms with E-state index in [0.717, 1.165) is 16.7 Å². The topological polar surface area (TPSA) is 98.5 Å². The molecule has 7 heteroatoms. The third-order valence-electron chi connectivity index (χ3n) is 3.69. The Bertz CT molecular complexity index is 876. The van der Waals surface area contributed by atoms with Gasteiger partial charge in [-0.15, -0.1) is 0 Å². The summed E-state index contributed by atoms with van der Waals surface area (Å²) in [6.45, 7) is 3.99. The summed E-state index contributed by atoms with van der Waals surface area (Å²) in [5, 5.41) is 7.84. The third kappa shape index (κ3) is 4.33.